The molecule has 2 heterocycles. The molecule has 0 spiro atoms. The van der Waals surface area contributed by atoms with Crippen LogP contribution in [0, 0.1) is 10.1 Å². The highest BCUT2D eigenvalue weighted by molar-refractivity contribution is 7.51. The van der Waals surface area contributed by atoms with Gasteiger partial charge in [-0.05, 0) is 57.2 Å². The second-order valence-corrected chi connectivity index (χ2v) is 12.2. The van der Waals surface area contributed by atoms with E-state index < -0.39 is 73.4 Å². The minimum atomic E-state index is -4.59. The summed E-state index contributed by atoms with van der Waals surface area (Å²) in [5, 5.41) is 23.8. The number of carbonyl (C=O) groups is 1. The normalized spacial score (nSPS) is 24.7. The number of nitrogens with one attached hydrogen (secondary N) is 1. The standard InChI is InChI=1S/C25H33F2N6O10P/c1-14(21(35)41-18-6-4-3-5-7-18)31-44(39,43-15(2)16-8-10-17(11-9-16)33(37)38)40-12-19-20(34)25(26,27)22(42-19)32-13-29-23(28)30-24(32)36/h8-11,13-15,18-20,22,34H,3-7,12H2,1-2H3,(H,31,39)(H2,28,30,36)/t14-,15?,19+,20?,22+,44?/m0/s1. The molecule has 0 amide bonds. The number of benzene rings is 1. The Balaban J connectivity index is 1.51. The van der Waals surface area contributed by atoms with Crippen molar-refractivity contribution in [2.24, 2.45) is 0 Å². The molecular weight excluding hydrogens is 613 g/mol. The van der Waals surface area contributed by atoms with Crippen LogP contribution in [0.3, 0.4) is 0 Å². The Bertz CT molecular complexity index is 1440. The van der Waals surface area contributed by atoms with Crippen LogP contribution in [0.5, 0.6) is 0 Å². The zero-order valence-electron chi connectivity index (χ0n) is 23.8. The summed E-state index contributed by atoms with van der Waals surface area (Å²) >= 11 is 0. The number of alkyl halides is 2. The Labute approximate surface area is 249 Å². The molecule has 242 valence electrons. The molecule has 6 atom stereocenters. The second-order valence-electron chi connectivity index (χ2n) is 10.5. The maximum absolute atomic E-state index is 15.0. The van der Waals surface area contributed by atoms with E-state index in [1.54, 1.807) is 0 Å². The maximum atomic E-state index is 15.0. The number of ether oxygens (including phenoxy) is 2. The minimum absolute atomic E-state index is 0.203. The number of esters is 1. The van der Waals surface area contributed by atoms with Crippen molar-refractivity contribution in [3.8, 4) is 0 Å². The van der Waals surface area contributed by atoms with Crippen LogP contribution in [0.15, 0.2) is 35.4 Å². The lowest BCUT2D eigenvalue weighted by Crippen LogP contribution is -2.42. The highest BCUT2D eigenvalue weighted by Gasteiger charge is 2.60. The Morgan fingerprint density at radius 1 is 1.30 bits per heavy atom. The monoisotopic (exact) mass is 646 g/mol. The molecule has 4 N–H and O–H groups in total. The van der Waals surface area contributed by atoms with Gasteiger partial charge in [0.1, 0.15) is 24.6 Å². The van der Waals surface area contributed by atoms with E-state index in [0.29, 0.717) is 29.3 Å². The van der Waals surface area contributed by atoms with Crippen molar-refractivity contribution in [1.29, 1.82) is 0 Å². The first-order valence-corrected chi connectivity index (χ1v) is 15.3. The number of nitro benzene ring substituents is 1. The Morgan fingerprint density at radius 3 is 2.57 bits per heavy atom. The topological polar surface area (TPSA) is 220 Å². The van der Waals surface area contributed by atoms with Gasteiger partial charge < -0.3 is 20.3 Å². The minimum Gasteiger partial charge on any atom is -0.461 e. The molecule has 1 aromatic carbocycles. The molecule has 3 unspecified atom stereocenters. The molecule has 1 aliphatic carbocycles. The first-order chi connectivity index (χ1) is 20.7. The van der Waals surface area contributed by atoms with Crippen LogP contribution in [0.4, 0.5) is 20.4 Å². The molecule has 2 aliphatic rings. The van der Waals surface area contributed by atoms with E-state index in [9.17, 15) is 38.2 Å². The van der Waals surface area contributed by atoms with E-state index >= 15 is 0 Å². The molecule has 1 saturated heterocycles. The summed E-state index contributed by atoms with van der Waals surface area (Å²) in [6, 6.07) is 3.87. The number of non-ortho nitro benzene ring substituents is 1. The molecule has 0 bridgehead atoms. The number of anilines is 1. The highest BCUT2D eigenvalue weighted by Crippen LogP contribution is 2.50. The number of aliphatic hydroxyl groups is 1. The molecule has 1 aliphatic heterocycles. The van der Waals surface area contributed by atoms with Gasteiger partial charge in [-0.15, -0.1) is 0 Å². The lowest BCUT2D eigenvalue weighted by atomic mass is 9.98. The van der Waals surface area contributed by atoms with Gasteiger partial charge in [0.05, 0.1) is 17.6 Å². The number of nitrogen functional groups attached to an aromatic ring is 1. The zero-order valence-corrected chi connectivity index (χ0v) is 24.7. The number of nitro groups is 1. The largest absolute Gasteiger partial charge is 0.461 e. The molecule has 1 saturated carbocycles. The van der Waals surface area contributed by atoms with Crippen molar-refractivity contribution in [3.05, 3.63) is 56.8 Å². The van der Waals surface area contributed by atoms with Gasteiger partial charge in [-0.2, -0.15) is 13.8 Å². The maximum Gasteiger partial charge on any atom is 0.406 e. The summed E-state index contributed by atoms with van der Waals surface area (Å²) in [6.45, 7) is 1.85. The lowest BCUT2D eigenvalue weighted by molar-refractivity contribution is -0.384. The van der Waals surface area contributed by atoms with Gasteiger partial charge in [0.15, 0.2) is 6.10 Å². The lowest BCUT2D eigenvalue weighted by Gasteiger charge is -2.28. The fourth-order valence-corrected chi connectivity index (χ4v) is 6.42. The number of carbonyl (C=O) groups excluding carboxylic acids is 1. The van der Waals surface area contributed by atoms with Gasteiger partial charge in [0.2, 0.25) is 12.2 Å². The number of aliphatic hydroxyl groups excluding tert-OH is 1. The summed E-state index contributed by atoms with van der Waals surface area (Å²) in [5.41, 5.74) is 4.23. The molecule has 4 rings (SSSR count). The van der Waals surface area contributed by atoms with Crippen LogP contribution in [0.1, 0.15) is 63.8 Å². The van der Waals surface area contributed by atoms with Gasteiger partial charge in [0.25, 0.3) is 5.69 Å². The second kappa shape index (κ2) is 13.7. The zero-order chi connectivity index (χ0) is 32.2. The molecular formula is C25H33F2N6O10P. The third-order valence-corrected chi connectivity index (χ3v) is 8.98. The van der Waals surface area contributed by atoms with E-state index in [-0.39, 0.29) is 11.8 Å². The van der Waals surface area contributed by atoms with Crippen molar-refractivity contribution in [2.75, 3.05) is 12.3 Å². The molecule has 44 heavy (non-hydrogen) atoms. The molecule has 16 nitrogen and oxygen atoms in total. The van der Waals surface area contributed by atoms with Crippen molar-refractivity contribution < 1.29 is 46.7 Å². The van der Waals surface area contributed by atoms with E-state index in [1.807, 2.05) is 0 Å². The van der Waals surface area contributed by atoms with Crippen molar-refractivity contribution in [2.45, 2.75) is 88.6 Å². The smallest absolute Gasteiger partial charge is 0.406 e. The average molecular weight is 647 g/mol. The summed E-state index contributed by atoms with van der Waals surface area (Å²) in [5.74, 6) is -5.26. The number of nitrogens with zero attached hydrogens (tertiary/aromatic N) is 4. The van der Waals surface area contributed by atoms with Crippen molar-refractivity contribution in [3.63, 3.8) is 0 Å². The van der Waals surface area contributed by atoms with Crippen LogP contribution in [-0.4, -0.2) is 67.4 Å². The van der Waals surface area contributed by atoms with Gasteiger partial charge in [-0.3, -0.25) is 24.0 Å². The van der Waals surface area contributed by atoms with E-state index in [4.69, 9.17) is 24.3 Å². The first-order valence-electron chi connectivity index (χ1n) is 13.8. The molecule has 0 radical (unpaired) electrons. The van der Waals surface area contributed by atoms with Gasteiger partial charge in [0, 0.05) is 12.1 Å². The molecule has 2 fully saturated rings. The molecule has 2 aromatic rings. The number of hydrogen-bond acceptors (Lipinski definition) is 13. The Hall–Kier alpha value is -3.41. The third kappa shape index (κ3) is 7.80. The van der Waals surface area contributed by atoms with Crippen LogP contribution in [-0.2, 0) is 27.9 Å². The Kier molecular flexibility index (Phi) is 10.4. The number of rotatable bonds is 12. The molecule has 19 heteroatoms. The quantitative estimate of drug-likeness (QED) is 0.131. The van der Waals surface area contributed by atoms with Gasteiger partial charge in [-0.1, -0.05) is 6.42 Å². The number of nitrogens with two attached hydrogens (primary N) is 1. The van der Waals surface area contributed by atoms with E-state index in [1.165, 1.54) is 38.1 Å². The fraction of sp³-hybridized carbons (Fsp3) is 0.600. The Morgan fingerprint density at radius 2 is 1.95 bits per heavy atom. The highest BCUT2D eigenvalue weighted by atomic mass is 31.2. The van der Waals surface area contributed by atoms with Crippen LogP contribution in [0.2, 0.25) is 0 Å². The predicted molar refractivity (Wildman–Crippen MR) is 147 cm³/mol. The van der Waals surface area contributed by atoms with Crippen LogP contribution >= 0.6 is 7.75 Å². The summed E-state index contributed by atoms with van der Waals surface area (Å²) < 4.78 is 66.1. The van der Waals surface area contributed by atoms with E-state index in [2.05, 4.69) is 15.1 Å². The number of hydrogen-bond donors (Lipinski definition) is 3. The van der Waals surface area contributed by atoms with Gasteiger partial charge in [-0.25, -0.2) is 24.0 Å². The van der Waals surface area contributed by atoms with Crippen LogP contribution in [0.25, 0.3) is 0 Å². The summed E-state index contributed by atoms with van der Waals surface area (Å²) in [4.78, 5) is 42.1. The van der Waals surface area contributed by atoms with Crippen molar-refractivity contribution >= 4 is 25.4 Å². The van der Waals surface area contributed by atoms with Gasteiger partial charge >= 0.3 is 25.3 Å². The first kappa shape index (κ1) is 33.5. The molecule has 1 aromatic heterocycles. The van der Waals surface area contributed by atoms with Crippen molar-refractivity contribution in [1.82, 2.24) is 19.6 Å². The van der Waals surface area contributed by atoms with E-state index in [0.717, 1.165) is 19.3 Å². The fourth-order valence-electron chi connectivity index (χ4n) is 4.77. The SMILES string of the molecule is CC(OP(=O)(N[C@@H](C)C(=O)OC1CCCCC1)OC[C@H]1O[C@@H](n2cnc(N)nc2=O)C(F)(F)C1O)c1ccc([N+](=O)[O-])cc1. The van der Waals surface area contributed by atoms with Crippen LogP contribution < -0.4 is 16.5 Å². The average Bonchev–Trinajstić information content (AvgIpc) is 3.20. The number of halogens is 2. The summed E-state index contributed by atoms with van der Waals surface area (Å²) in [7, 11) is -4.59. The third-order valence-electron chi connectivity index (χ3n) is 7.20. The number of aromatic nitrogens is 3. The predicted octanol–water partition coefficient (Wildman–Crippen LogP) is 2.78. The summed E-state index contributed by atoms with van der Waals surface area (Å²) in [6.07, 6.45) is -3.26.